The molecule has 2 unspecified atom stereocenters. The highest BCUT2D eigenvalue weighted by atomic mass is 35.5. The first-order valence-corrected chi connectivity index (χ1v) is 7.78. The minimum absolute atomic E-state index is 0.285. The summed E-state index contributed by atoms with van der Waals surface area (Å²) in [6.45, 7) is 4.34. The van der Waals surface area contributed by atoms with Crippen molar-refractivity contribution in [2.45, 2.75) is 31.8 Å². The molecule has 1 N–H and O–H groups in total. The van der Waals surface area contributed by atoms with Gasteiger partial charge < -0.3 is 15.1 Å². The molecule has 0 saturated carbocycles. The number of halogens is 1. The Morgan fingerprint density at radius 3 is 2.75 bits per heavy atom. The van der Waals surface area contributed by atoms with Crippen LogP contribution in [0, 0.1) is 0 Å². The lowest BCUT2D eigenvalue weighted by Gasteiger charge is -2.37. The Kier molecular flexibility index (Phi) is 5.30. The molecule has 0 aliphatic carbocycles. The zero-order chi connectivity index (χ0) is 14.7. The van der Waals surface area contributed by atoms with Crippen LogP contribution in [0.4, 0.5) is 5.69 Å². The molecular weight excluding hydrogens is 270 g/mol. The zero-order valence-electron chi connectivity index (χ0n) is 13.0. The molecule has 2 rings (SSSR count). The second-order valence-electron chi connectivity index (χ2n) is 5.92. The molecule has 112 valence electrons. The van der Waals surface area contributed by atoms with Crippen molar-refractivity contribution in [3.05, 3.63) is 28.8 Å². The van der Waals surface area contributed by atoms with Gasteiger partial charge in [0.1, 0.15) is 0 Å². The number of likely N-dealkylation sites (N-methyl/N-ethyl adjacent to an activating group) is 1. The van der Waals surface area contributed by atoms with E-state index in [1.807, 2.05) is 7.05 Å². The minimum atomic E-state index is 0.285. The van der Waals surface area contributed by atoms with E-state index in [1.165, 1.54) is 24.1 Å². The molecule has 2 atom stereocenters. The third-order valence-electron chi connectivity index (χ3n) is 4.38. The van der Waals surface area contributed by atoms with Gasteiger partial charge >= 0.3 is 0 Å². The molecule has 1 aromatic carbocycles. The second-order valence-corrected chi connectivity index (χ2v) is 6.33. The van der Waals surface area contributed by atoms with Crippen LogP contribution in [0.15, 0.2) is 18.2 Å². The maximum atomic E-state index is 6.44. The molecule has 0 spiro atoms. The van der Waals surface area contributed by atoms with Gasteiger partial charge in [-0.15, -0.1) is 0 Å². The normalized spacial score (nSPS) is 21.3. The highest BCUT2D eigenvalue weighted by molar-refractivity contribution is 6.31. The van der Waals surface area contributed by atoms with Crippen molar-refractivity contribution in [3.63, 3.8) is 0 Å². The number of anilines is 1. The largest absolute Gasteiger partial charge is 0.370 e. The average Bonchev–Trinajstić information content (AvgIpc) is 2.46. The lowest BCUT2D eigenvalue weighted by atomic mass is 10.0. The van der Waals surface area contributed by atoms with Crippen LogP contribution >= 0.6 is 11.6 Å². The molecule has 1 fully saturated rings. The summed E-state index contributed by atoms with van der Waals surface area (Å²) < 4.78 is 0. The van der Waals surface area contributed by atoms with Crippen molar-refractivity contribution in [1.82, 2.24) is 10.2 Å². The summed E-state index contributed by atoms with van der Waals surface area (Å²) in [7, 11) is 6.29. The first-order chi connectivity index (χ1) is 9.52. The van der Waals surface area contributed by atoms with Crippen molar-refractivity contribution in [2.24, 2.45) is 0 Å². The van der Waals surface area contributed by atoms with E-state index < -0.39 is 0 Å². The lowest BCUT2D eigenvalue weighted by molar-refractivity contribution is 0.258. The monoisotopic (exact) mass is 295 g/mol. The molecule has 20 heavy (non-hydrogen) atoms. The molecule has 0 bridgehead atoms. The van der Waals surface area contributed by atoms with Gasteiger partial charge in [0, 0.05) is 35.9 Å². The number of hydrogen-bond acceptors (Lipinski definition) is 3. The fraction of sp³-hybridized carbons (Fsp3) is 0.625. The van der Waals surface area contributed by atoms with E-state index in [0.29, 0.717) is 6.04 Å². The predicted octanol–water partition coefficient (Wildman–Crippen LogP) is 3.15. The average molecular weight is 296 g/mol. The summed E-state index contributed by atoms with van der Waals surface area (Å²) >= 11 is 6.44. The van der Waals surface area contributed by atoms with Crippen molar-refractivity contribution in [1.29, 1.82) is 0 Å². The van der Waals surface area contributed by atoms with Gasteiger partial charge in [-0.3, -0.25) is 0 Å². The summed E-state index contributed by atoms with van der Waals surface area (Å²) in [5.41, 5.74) is 2.41. The van der Waals surface area contributed by atoms with Crippen LogP contribution in [-0.2, 0) is 0 Å². The number of rotatable bonds is 4. The summed E-state index contributed by atoms with van der Waals surface area (Å²) in [5.74, 6) is 0. The maximum Gasteiger partial charge on any atom is 0.0474 e. The van der Waals surface area contributed by atoms with Gasteiger partial charge in [0.2, 0.25) is 0 Å². The Morgan fingerprint density at radius 2 is 2.15 bits per heavy atom. The standard InChI is InChI=1S/C16H26ClN3/c1-12(18-2)15-8-7-13(10-16(15)17)20-9-5-6-14(11-20)19(3)4/h7-8,10,12,14,18H,5-6,9,11H2,1-4H3. The maximum absolute atomic E-state index is 6.44. The highest BCUT2D eigenvalue weighted by Gasteiger charge is 2.22. The van der Waals surface area contributed by atoms with Crippen LogP contribution in [0.25, 0.3) is 0 Å². The summed E-state index contributed by atoms with van der Waals surface area (Å²) in [6, 6.07) is 7.39. The van der Waals surface area contributed by atoms with Crippen LogP contribution in [0.5, 0.6) is 0 Å². The van der Waals surface area contributed by atoms with E-state index in [2.05, 4.69) is 54.3 Å². The Balaban J connectivity index is 2.15. The Labute approximate surface area is 127 Å². The smallest absolute Gasteiger partial charge is 0.0474 e. The quantitative estimate of drug-likeness (QED) is 0.920. The Bertz CT molecular complexity index is 447. The fourth-order valence-electron chi connectivity index (χ4n) is 2.83. The third kappa shape index (κ3) is 3.46. The predicted molar refractivity (Wildman–Crippen MR) is 87.8 cm³/mol. The van der Waals surface area contributed by atoms with E-state index in [1.54, 1.807) is 0 Å². The Hall–Kier alpha value is -0.770. The van der Waals surface area contributed by atoms with Crippen LogP contribution in [0.3, 0.4) is 0 Å². The molecule has 0 aromatic heterocycles. The van der Waals surface area contributed by atoms with Crippen LogP contribution in [-0.4, -0.2) is 45.2 Å². The van der Waals surface area contributed by atoms with E-state index >= 15 is 0 Å². The van der Waals surface area contributed by atoms with Gasteiger partial charge in [0.25, 0.3) is 0 Å². The first kappa shape index (κ1) is 15.6. The summed E-state index contributed by atoms with van der Waals surface area (Å²) in [4.78, 5) is 4.78. The number of nitrogens with one attached hydrogen (secondary N) is 1. The molecular formula is C16H26ClN3. The first-order valence-electron chi connectivity index (χ1n) is 7.41. The summed E-state index contributed by atoms with van der Waals surface area (Å²) in [6.07, 6.45) is 2.53. The molecule has 1 heterocycles. The molecule has 1 aliphatic rings. The van der Waals surface area contributed by atoms with Gasteiger partial charge in [-0.2, -0.15) is 0 Å². The van der Waals surface area contributed by atoms with Gasteiger partial charge in [-0.05, 0) is 58.6 Å². The lowest BCUT2D eigenvalue weighted by Crippen LogP contribution is -2.45. The van der Waals surface area contributed by atoms with E-state index in [9.17, 15) is 0 Å². The van der Waals surface area contributed by atoms with E-state index in [-0.39, 0.29) is 6.04 Å². The number of benzene rings is 1. The van der Waals surface area contributed by atoms with Crippen LogP contribution < -0.4 is 10.2 Å². The van der Waals surface area contributed by atoms with Crippen molar-refractivity contribution in [2.75, 3.05) is 39.1 Å². The van der Waals surface area contributed by atoms with Crippen molar-refractivity contribution < 1.29 is 0 Å². The van der Waals surface area contributed by atoms with E-state index in [0.717, 1.165) is 18.1 Å². The SMILES string of the molecule is CNC(C)c1ccc(N2CCCC(N(C)C)C2)cc1Cl. The van der Waals surface area contributed by atoms with Crippen molar-refractivity contribution >= 4 is 17.3 Å². The van der Waals surface area contributed by atoms with Crippen LogP contribution in [0.2, 0.25) is 5.02 Å². The van der Waals surface area contributed by atoms with Gasteiger partial charge in [-0.25, -0.2) is 0 Å². The van der Waals surface area contributed by atoms with Crippen molar-refractivity contribution in [3.8, 4) is 0 Å². The number of hydrogen-bond donors (Lipinski definition) is 1. The molecule has 1 aromatic rings. The van der Waals surface area contributed by atoms with Gasteiger partial charge in [0.05, 0.1) is 0 Å². The minimum Gasteiger partial charge on any atom is -0.370 e. The molecule has 0 amide bonds. The molecule has 4 heteroatoms. The zero-order valence-corrected chi connectivity index (χ0v) is 13.7. The second kappa shape index (κ2) is 6.79. The number of nitrogens with zero attached hydrogens (tertiary/aromatic N) is 2. The summed E-state index contributed by atoms with van der Waals surface area (Å²) in [5, 5.41) is 4.10. The third-order valence-corrected chi connectivity index (χ3v) is 4.70. The molecule has 0 radical (unpaired) electrons. The molecule has 3 nitrogen and oxygen atoms in total. The molecule has 1 aliphatic heterocycles. The highest BCUT2D eigenvalue weighted by Crippen LogP contribution is 2.29. The topological polar surface area (TPSA) is 18.5 Å². The van der Waals surface area contributed by atoms with Gasteiger partial charge in [-0.1, -0.05) is 17.7 Å². The molecule has 1 saturated heterocycles. The Morgan fingerprint density at radius 1 is 1.40 bits per heavy atom. The van der Waals surface area contributed by atoms with E-state index in [4.69, 9.17) is 11.6 Å². The fourth-order valence-corrected chi connectivity index (χ4v) is 3.17. The number of piperidine rings is 1. The van der Waals surface area contributed by atoms with Gasteiger partial charge in [0.15, 0.2) is 0 Å². The van der Waals surface area contributed by atoms with Crippen LogP contribution in [0.1, 0.15) is 31.4 Å².